The lowest BCUT2D eigenvalue weighted by molar-refractivity contribution is 0.0697. The predicted molar refractivity (Wildman–Crippen MR) is 81.1 cm³/mol. The summed E-state index contributed by atoms with van der Waals surface area (Å²) in [4.78, 5) is 24.7. The van der Waals surface area contributed by atoms with Crippen molar-refractivity contribution < 1.29 is 14.7 Å². The molecule has 1 aliphatic rings. The van der Waals surface area contributed by atoms with E-state index < -0.39 is 5.97 Å². The number of carbonyl (C=O) groups excluding carboxylic acids is 1. The van der Waals surface area contributed by atoms with Gasteiger partial charge in [-0.1, -0.05) is 11.6 Å². The highest BCUT2D eigenvalue weighted by Crippen LogP contribution is 2.25. The van der Waals surface area contributed by atoms with Crippen LogP contribution in [0.1, 0.15) is 23.2 Å². The molecule has 0 spiro atoms. The number of nitrogens with one attached hydrogen (secondary N) is 2. The third-order valence-electron chi connectivity index (χ3n) is 3.38. The van der Waals surface area contributed by atoms with Crippen LogP contribution >= 0.6 is 11.6 Å². The van der Waals surface area contributed by atoms with Crippen LogP contribution in [0, 0.1) is 0 Å². The molecule has 0 bridgehead atoms. The highest BCUT2D eigenvalue weighted by molar-refractivity contribution is 6.34. The first kappa shape index (κ1) is 15.6. The lowest BCUT2D eigenvalue weighted by Crippen LogP contribution is -2.36. The van der Waals surface area contributed by atoms with Crippen LogP contribution in [0.3, 0.4) is 0 Å². The smallest absolute Gasteiger partial charge is 0.335 e. The Morgan fingerprint density at radius 3 is 2.71 bits per heavy atom. The number of aromatic carboxylic acids is 1. The zero-order valence-corrected chi connectivity index (χ0v) is 12.5. The maximum absolute atomic E-state index is 11.7. The number of likely N-dealkylation sites (N-methyl/N-ethyl adjacent to an activating group) is 1. The minimum Gasteiger partial charge on any atom is -0.478 e. The van der Waals surface area contributed by atoms with Crippen molar-refractivity contribution in [3.05, 3.63) is 28.8 Å². The van der Waals surface area contributed by atoms with E-state index in [2.05, 4.69) is 15.5 Å². The first-order chi connectivity index (χ1) is 9.97. The number of halogens is 1. The van der Waals surface area contributed by atoms with Crippen LogP contribution in [-0.2, 0) is 0 Å². The Kier molecular flexibility index (Phi) is 5.03. The van der Waals surface area contributed by atoms with Gasteiger partial charge in [0.25, 0.3) is 0 Å². The maximum Gasteiger partial charge on any atom is 0.335 e. The molecule has 0 atom stereocenters. The van der Waals surface area contributed by atoms with Crippen molar-refractivity contribution in [1.82, 2.24) is 10.2 Å². The van der Waals surface area contributed by atoms with Gasteiger partial charge in [-0.15, -0.1) is 0 Å². The molecule has 6 nitrogen and oxygen atoms in total. The van der Waals surface area contributed by atoms with Gasteiger partial charge in [-0.2, -0.15) is 0 Å². The SMILES string of the molecule is CN(CCNC(=O)Nc1ccc(C(=O)O)cc1Cl)C1CC1. The molecule has 0 unspecified atom stereocenters. The summed E-state index contributed by atoms with van der Waals surface area (Å²) in [5.74, 6) is -1.06. The summed E-state index contributed by atoms with van der Waals surface area (Å²) < 4.78 is 0. The largest absolute Gasteiger partial charge is 0.478 e. The summed E-state index contributed by atoms with van der Waals surface area (Å²) in [6.07, 6.45) is 2.46. The Morgan fingerprint density at radius 2 is 2.14 bits per heavy atom. The molecule has 7 heteroatoms. The number of hydrogen-bond donors (Lipinski definition) is 3. The van der Waals surface area contributed by atoms with Crippen LogP contribution < -0.4 is 10.6 Å². The maximum atomic E-state index is 11.7. The van der Waals surface area contributed by atoms with Gasteiger partial charge in [0.05, 0.1) is 16.3 Å². The third kappa shape index (κ3) is 4.61. The number of benzene rings is 1. The lowest BCUT2D eigenvalue weighted by atomic mass is 10.2. The second-order valence-corrected chi connectivity index (χ2v) is 5.50. The first-order valence-electron chi connectivity index (χ1n) is 6.75. The average molecular weight is 312 g/mol. The summed E-state index contributed by atoms with van der Waals surface area (Å²) in [7, 11) is 2.04. The Bertz CT molecular complexity index is 546. The summed E-state index contributed by atoms with van der Waals surface area (Å²) in [6.45, 7) is 1.34. The van der Waals surface area contributed by atoms with Gasteiger partial charge >= 0.3 is 12.0 Å². The highest BCUT2D eigenvalue weighted by atomic mass is 35.5. The van der Waals surface area contributed by atoms with Crippen molar-refractivity contribution in [2.45, 2.75) is 18.9 Å². The Balaban J connectivity index is 1.80. The van der Waals surface area contributed by atoms with Gasteiger partial charge in [0.2, 0.25) is 0 Å². The number of anilines is 1. The number of hydrogen-bond acceptors (Lipinski definition) is 3. The number of carbonyl (C=O) groups is 2. The van der Waals surface area contributed by atoms with E-state index in [1.54, 1.807) is 0 Å². The number of urea groups is 1. The topological polar surface area (TPSA) is 81.7 Å². The molecule has 1 saturated carbocycles. The van der Waals surface area contributed by atoms with Crippen molar-refractivity contribution >= 4 is 29.3 Å². The van der Waals surface area contributed by atoms with Gasteiger partial charge in [-0.25, -0.2) is 9.59 Å². The van der Waals surface area contributed by atoms with E-state index in [9.17, 15) is 9.59 Å². The number of nitrogens with zero attached hydrogens (tertiary/aromatic N) is 1. The molecule has 0 saturated heterocycles. The molecule has 0 heterocycles. The fourth-order valence-corrected chi connectivity index (χ4v) is 2.19. The fraction of sp³-hybridized carbons (Fsp3) is 0.429. The Hall–Kier alpha value is -1.79. The zero-order valence-electron chi connectivity index (χ0n) is 11.7. The van der Waals surface area contributed by atoms with Gasteiger partial charge in [0.1, 0.15) is 0 Å². The van der Waals surface area contributed by atoms with Gasteiger partial charge in [-0.3, -0.25) is 0 Å². The van der Waals surface area contributed by atoms with Crippen LogP contribution in [0.5, 0.6) is 0 Å². The van der Waals surface area contributed by atoms with E-state index in [4.69, 9.17) is 16.7 Å². The molecule has 0 aliphatic heterocycles. The van der Waals surface area contributed by atoms with Crippen LogP contribution in [0.15, 0.2) is 18.2 Å². The number of rotatable bonds is 6. The number of amides is 2. The minimum atomic E-state index is -1.06. The monoisotopic (exact) mass is 311 g/mol. The van der Waals surface area contributed by atoms with Crippen LogP contribution in [0.4, 0.5) is 10.5 Å². The van der Waals surface area contributed by atoms with Crippen molar-refractivity contribution in [3.63, 3.8) is 0 Å². The van der Waals surface area contributed by atoms with Crippen molar-refractivity contribution in [2.75, 3.05) is 25.5 Å². The molecule has 1 aliphatic carbocycles. The summed E-state index contributed by atoms with van der Waals surface area (Å²) in [5, 5.41) is 14.4. The molecular formula is C14H18ClN3O3. The van der Waals surface area contributed by atoms with Gasteiger partial charge in [0.15, 0.2) is 0 Å². The van der Waals surface area contributed by atoms with E-state index in [0.29, 0.717) is 18.3 Å². The predicted octanol–water partition coefficient (Wildman–Crippen LogP) is 2.25. The summed E-state index contributed by atoms with van der Waals surface area (Å²) >= 11 is 5.94. The molecule has 0 aromatic heterocycles. The van der Waals surface area contributed by atoms with Crippen molar-refractivity contribution in [3.8, 4) is 0 Å². The van der Waals surface area contributed by atoms with E-state index in [1.165, 1.54) is 31.0 Å². The Morgan fingerprint density at radius 1 is 1.43 bits per heavy atom. The van der Waals surface area contributed by atoms with E-state index >= 15 is 0 Å². The summed E-state index contributed by atoms with van der Waals surface area (Å²) in [6, 6.07) is 4.48. The molecule has 2 amide bonds. The van der Waals surface area contributed by atoms with E-state index in [1.807, 2.05) is 7.05 Å². The molecular weight excluding hydrogens is 294 g/mol. The summed E-state index contributed by atoms with van der Waals surface area (Å²) in [5.41, 5.74) is 0.465. The molecule has 21 heavy (non-hydrogen) atoms. The lowest BCUT2D eigenvalue weighted by Gasteiger charge is -2.16. The number of carboxylic acid groups (broad SMARTS) is 1. The van der Waals surface area contributed by atoms with E-state index in [-0.39, 0.29) is 16.6 Å². The molecule has 2 rings (SSSR count). The number of carboxylic acids is 1. The van der Waals surface area contributed by atoms with Crippen molar-refractivity contribution in [1.29, 1.82) is 0 Å². The van der Waals surface area contributed by atoms with Gasteiger partial charge in [-0.05, 0) is 38.1 Å². The van der Waals surface area contributed by atoms with Gasteiger partial charge < -0.3 is 20.6 Å². The molecule has 1 aromatic carbocycles. The zero-order chi connectivity index (χ0) is 15.4. The normalized spacial score (nSPS) is 14.0. The Labute approximate surface area is 128 Å². The fourth-order valence-electron chi connectivity index (χ4n) is 1.96. The average Bonchev–Trinajstić information content (AvgIpc) is 3.25. The third-order valence-corrected chi connectivity index (χ3v) is 3.70. The molecule has 1 fully saturated rings. The van der Waals surface area contributed by atoms with Crippen LogP contribution in [0.2, 0.25) is 5.02 Å². The quantitative estimate of drug-likeness (QED) is 0.752. The van der Waals surface area contributed by atoms with E-state index in [0.717, 1.165) is 6.54 Å². The minimum absolute atomic E-state index is 0.0806. The molecule has 0 radical (unpaired) electrons. The second-order valence-electron chi connectivity index (χ2n) is 5.09. The van der Waals surface area contributed by atoms with Crippen molar-refractivity contribution in [2.24, 2.45) is 0 Å². The second kappa shape index (κ2) is 6.78. The van der Waals surface area contributed by atoms with Crippen LogP contribution in [0.25, 0.3) is 0 Å². The standard InChI is InChI=1S/C14H18ClN3O3/c1-18(10-3-4-10)7-6-16-14(21)17-12-5-2-9(13(19)20)8-11(12)15/h2,5,8,10H,3-4,6-7H2,1H3,(H,19,20)(H2,16,17,21). The molecule has 114 valence electrons. The van der Waals surface area contributed by atoms with Crippen LogP contribution in [-0.4, -0.2) is 48.2 Å². The van der Waals surface area contributed by atoms with Gasteiger partial charge in [0, 0.05) is 19.1 Å². The highest BCUT2D eigenvalue weighted by Gasteiger charge is 2.25. The molecule has 3 N–H and O–H groups in total. The first-order valence-corrected chi connectivity index (χ1v) is 7.13. The molecule has 1 aromatic rings.